The van der Waals surface area contributed by atoms with Crippen molar-refractivity contribution in [1.82, 2.24) is 14.9 Å². The van der Waals surface area contributed by atoms with E-state index in [4.69, 9.17) is 14.3 Å². The van der Waals surface area contributed by atoms with Crippen molar-refractivity contribution in [3.8, 4) is 5.75 Å². The number of ether oxygens (including phenoxy) is 2. The largest absolute Gasteiger partial charge is 0.494 e. The van der Waals surface area contributed by atoms with Crippen LogP contribution in [0.15, 0.2) is 55.4 Å². The molecule has 0 bridgehead atoms. The fraction of sp³-hybridized carbons (Fsp3) is 0.367. The number of rotatable bonds is 9. The summed E-state index contributed by atoms with van der Waals surface area (Å²) < 4.78 is 39.0. The van der Waals surface area contributed by atoms with Crippen LogP contribution in [0.4, 0.5) is 37.5 Å². The summed E-state index contributed by atoms with van der Waals surface area (Å²) in [6.07, 6.45) is 3.12. The summed E-state index contributed by atoms with van der Waals surface area (Å²) in [5.41, 5.74) is 2.44. The van der Waals surface area contributed by atoms with E-state index in [0.29, 0.717) is 53.4 Å². The lowest BCUT2D eigenvalue weighted by Crippen LogP contribution is -2.56. The lowest BCUT2D eigenvalue weighted by molar-refractivity contribution is -0.111. The molecule has 1 aromatic heterocycles. The average molecular weight is 594 g/mol. The molecule has 2 N–H and O–H groups in total. The summed E-state index contributed by atoms with van der Waals surface area (Å²) in [5, 5.41) is 7.73. The van der Waals surface area contributed by atoms with Gasteiger partial charge in [-0.2, -0.15) is 0 Å². The number of hydrogen-bond donors (Lipinski definition) is 2. The van der Waals surface area contributed by atoms with Gasteiger partial charge in [0.05, 0.1) is 56.1 Å². The van der Waals surface area contributed by atoms with E-state index in [0.717, 1.165) is 51.1 Å². The van der Waals surface area contributed by atoms with E-state index in [9.17, 15) is 13.6 Å². The number of methoxy groups -OCH3 is 1. The normalized spacial score (nSPS) is 19.2. The topological polar surface area (TPSA) is 104 Å². The molecule has 4 heterocycles. The standard InChI is InChI=1S/C30H33F2N7O4/c1-3-30(40)36-23-13-24(27(41-2)14-26(23)38-7-5-37(6-8-38)22-16-42-17-22)35-28-15-29(34-18-33-28)39-25(4-9-43-39)19-10-20(31)12-21(32)11-19/h3,10-15,18,22,25H,1,4-9,16-17H2,2H3,(H,36,40)(H,33,34,35). The number of piperazine rings is 1. The molecule has 43 heavy (non-hydrogen) atoms. The van der Waals surface area contributed by atoms with Crippen molar-refractivity contribution in [2.75, 3.05) is 73.7 Å². The highest BCUT2D eigenvalue weighted by molar-refractivity contribution is 6.02. The number of aromatic nitrogens is 2. The van der Waals surface area contributed by atoms with Gasteiger partial charge in [0.15, 0.2) is 5.82 Å². The molecule has 3 fully saturated rings. The number of carbonyl (C=O) groups is 1. The Kier molecular flexibility index (Phi) is 8.36. The minimum Gasteiger partial charge on any atom is -0.494 e. The van der Waals surface area contributed by atoms with Crippen LogP contribution in [0.3, 0.4) is 0 Å². The van der Waals surface area contributed by atoms with Crippen LogP contribution in [0.5, 0.6) is 5.75 Å². The van der Waals surface area contributed by atoms with Crippen molar-refractivity contribution in [3.05, 3.63) is 72.6 Å². The van der Waals surface area contributed by atoms with Crippen molar-refractivity contribution in [1.29, 1.82) is 0 Å². The molecule has 0 spiro atoms. The highest BCUT2D eigenvalue weighted by atomic mass is 19.1. The first-order chi connectivity index (χ1) is 20.9. The number of nitrogens with one attached hydrogen (secondary N) is 2. The summed E-state index contributed by atoms with van der Waals surface area (Å²) in [6, 6.07) is 8.83. The second kappa shape index (κ2) is 12.5. The minimum atomic E-state index is -0.656. The van der Waals surface area contributed by atoms with E-state index in [-0.39, 0.29) is 5.91 Å². The molecule has 13 heteroatoms. The Morgan fingerprint density at radius 3 is 2.49 bits per heavy atom. The van der Waals surface area contributed by atoms with Gasteiger partial charge < -0.3 is 25.0 Å². The van der Waals surface area contributed by atoms with E-state index in [1.807, 2.05) is 6.07 Å². The monoisotopic (exact) mass is 593 g/mol. The Morgan fingerprint density at radius 1 is 1.05 bits per heavy atom. The molecule has 3 aromatic rings. The molecule has 0 aliphatic carbocycles. The van der Waals surface area contributed by atoms with Crippen LogP contribution in [0.25, 0.3) is 0 Å². The number of carbonyl (C=O) groups excluding carboxylic acids is 1. The Hall–Kier alpha value is -4.33. The molecule has 1 atom stereocenters. The number of nitrogens with zero attached hydrogens (tertiary/aromatic N) is 5. The zero-order valence-corrected chi connectivity index (χ0v) is 23.8. The number of amides is 1. The molecule has 3 saturated heterocycles. The van der Waals surface area contributed by atoms with Gasteiger partial charge in [-0.15, -0.1) is 0 Å². The first-order valence-corrected chi connectivity index (χ1v) is 14.1. The van der Waals surface area contributed by atoms with Gasteiger partial charge >= 0.3 is 0 Å². The smallest absolute Gasteiger partial charge is 0.247 e. The van der Waals surface area contributed by atoms with E-state index < -0.39 is 17.7 Å². The van der Waals surface area contributed by atoms with Gasteiger partial charge in [-0.3, -0.25) is 14.5 Å². The molecular weight excluding hydrogens is 560 g/mol. The maximum atomic E-state index is 13.9. The molecule has 0 saturated carbocycles. The highest BCUT2D eigenvalue weighted by Crippen LogP contribution is 2.40. The second-order valence-corrected chi connectivity index (χ2v) is 10.5. The summed E-state index contributed by atoms with van der Waals surface area (Å²) in [6.45, 7) is 8.83. The summed E-state index contributed by atoms with van der Waals surface area (Å²) >= 11 is 0. The fourth-order valence-corrected chi connectivity index (χ4v) is 5.58. The second-order valence-electron chi connectivity index (χ2n) is 10.5. The van der Waals surface area contributed by atoms with Crippen LogP contribution in [-0.4, -0.2) is 79.9 Å². The number of anilines is 5. The first-order valence-electron chi connectivity index (χ1n) is 14.1. The van der Waals surface area contributed by atoms with Crippen LogP contribution in [-0.2, 0) is 14.4 Å². The summed E-state index contributed by atoms with van der Waals surface area (Å²) in [5.74, 6) is -0.262. The molecule has 6 rings (SSSR count). The maximum absolute atomic E-state index is 13.9. The van der Waals surface area contributed by atoms with Crippen LogP contribution in [0, 0.1) is 11.6 Å². The van der Waals surface area contributed by atoms with Crippen LogP contribution < -0.4 is 25.3 Å². The predicted molar refractivity (Wildman–Crippen MR) is 158 cm³/mol. The molecule has 3 aliphatic heterocycles. The SMILES string of the molecule is C=CC(=O)Nc1cc(Nc2cc(N3OCCC3c3cc(F)cc(F)c3)ncn2)c(OC)cc1N1CCN(C2COC2)CC1. The number of hydrogen-bond acceptors (Lipinski definition) is 10. The molecule has 1 unspecified atom stereocenters. The zero-order valence-electron chi connectivity index (χ0n) is 23.8. The minimum absolute atomic E-state index is 0.335. The lowest BCUT2D eigenvalue weighted by Gasteiger charge is -2.43. The van der Waals surface area contributed by atoms with E-state index >= 15 is 0 Å². The molecular formula is C30H33F2N7O4. The number of benzene rings is 2. The van der Waals surface area contributed by atoms with Crippen molar-refractivity contribution in [2.45, 2.75) is 18.5 Å². The van der Waals surface area contributed by atoms with E-state index in [1.165, 1.54) is 29.6 Å². The van der Waals surface area contributed by atoms with Gasteiger partial charge in [-0.25, -0.2) is 23.8 Å². The zero-order chi connectivity index (χ0) is 29.9. The predicted octanol–water partition coefficient (Wildman–Crippen LogP) is 4.04. The van der Waals surface area contributed by atoms with Gasteiger partial charge in [-0.1, -0.05) is 6.58 Å². The number of halogens is 2. The quantitative estimate of drug-likeness (QED) is 0.354. The first kappa shape index (κ1) is 28.8. The van der Waals surface area contributed by atoms with Gasteiger partial charge in [0, 0.05) is 50.8 Å². The molecule has 0 radical (unpaired) electrons. The Labute approximate surface area is 248 Å². The third-order valence-corrected chi connectivity index (χ3v) is 7.87. The highest BCUT2D eigenvalue weighted by Gasteiger charge is 2.31. The lowest BCUT2D eigenvalue weighted by atomic mass is 10.0. The molecule has 226 valence electrons. The third-order valence-electron chi connectivity index (χ3n) is 7.87. The third kappa shape index (κ3) is 6.24. The Bertz CT molecular complexity index is 1480. The van der Waals surface area contributed by atoms with Crippen LogP contribution in [0.2, 0.25) is 0 Å². The van der Waals surface area contributed by atoms with Crippen LogP contribution in [0.1, 0.15) is 18.0 Å². The molecule has 1 amide bonds. The molecule has 2 aromatic carbocycles. The molecule has 3 aliphatic rings. The molecule has 11 nitrogen and oxygen atoms in total. The van der Waals surface area contributed by atoms with Gasteiger partial charge in [0.25, 0.3) is 0 Å². The van der Waals surface area contributed by atoms with Gasteiger partial charge in [0.1, 0.15) is 29.5 Å². The summed E-state index contributed by atoms with van der Waals surface area (Å²) in [7, 11) is 1.58. The Balaban J connectivity index is 1.26. The van der Waals surface area contributed by atoms with Crippen molar-refractivity contribution < 1.29 is 27.9 Å². The van der Waals surface area contributed by atoms with Crippen molar-refractivity contribution in [3.63, 3.8) is 0 Å². The van der Waals surface area contributed by atoms with Crippen molar-refractivity contribution in [2.24, 2.45) is 0 Å². The van der Waals surface area contributed by atoms with E-state index in [1.54, 1.807) is 19.2 Å². The Morgan fingerprint density at radius 2 is 1.81 bits per heavy atom. The summed E-state index contributed by atoms with van der Waals surface area (Å²) in [4.78, 5) is 31.6. The van der Waals surface area contributed by atoms with Gasteiger partial charge in [-0.05, 0) is 29.8 Å². The van der Waals surface area contributed by atoms with Crippen LogP contribution >= 0.6 is 0 Å². The van der Waals surface area contributed by atoms with Gasteiger partial charge in [0.2, 0.25) is 5.91 Å². The van der Waals surface area contributed by atoms with E-state index in [2.05, 4.69) is 37.0 Å². The average Bonchev–Trinajstić information content (AvgIpc) is 3.47. The fourth-order valence-electron chi connectivity index (χ4n) is 5.58. The maximum Gasteiger partial charge on any atom is 0.247 e. The van der Waals surface area contributed by atoms with Crippen molar-refractivity contribution >= 4 is 34.6 Å². The number of hydroxylamine groups is 1.